The lowest BCUT2D eigenvalue weighted by atomic mass is 9.98. The molecule has 4 nitrogen and oxygen atoms in total. The quantitative estimate of drug-likeness (QED) is 0.194. The topological polar surface area (TPSA) is 51.8 Å². The Hall–Kier alpha value is -6.17. The maximum atomic E-state index is 6.16. The van der Waals surface area contributed by atoms with E-state index in [4.69, 9.17) is 19.4 Å². The van der Waals surface area contributed by atoms with Gasteiger partial charge in [0.2, 0.25) is 0 Å². The first-order valence-corrected chi connectivity index (χ1v) is 16.7. The van der Waals surface area contributed by atoms with Crippen LogP contribution < -0.4 is 0 Å². The largest absolute Gasteiger partial charge is 0.456 e. The van der Waals surface area contributed by atoms with Gasteiger partial charge in [-0.15, -0.1) is 11.3 Å². The number of rotatable bonds is 4. The first kappa shape index (κ1) is 27.0. The molecule has 0 bridgehead atoms. The predicted molar refractivity (Wildman–Crippen MR) is 199 cm³/mol. The fourth-order valence-electron chi connectivity index (χ4n) is 6.77. The molecule has 0 aliphatic heterocycles. The second-order valence-electron chi connectivity index (χ2n) is 12.0. The van der Waals surface area contributed by atoms with Gasteiger partial charge in [0.05, 0.1) is 0 Å². The number of hydrogen-bond donors (Lipinski definition) is 0. The zero-order valence-electron chi connectivity index (χ0n) is 25.6. The maximum absolute atomic E-state index is 6.16. The molecule has 48 heavy (non-hydrogen) atoms. The minimum atomic E-state index is 0.636. The van der Waals surface area contributed by atoms with Gasteiger partial charge in [0.15, 0.2) is 17.5 Å². The van der Waals surface area contributed by atoms with Crippen LogP contribution >= 0.6 is 11.3 Å². The van der Waals surface area contributed by atoms with Gasteiger partial charge in [-0.1, -0.05) is 109 Å². The minimum absolute atomic E-state index is 0.636. The molecule has 0 saturated heterocycles. The van der Waals surface area contributed by atoms with Crippen molar-refractivity contribution in [3.63, 3.8) is 0 Å². The molecule has 0 atom stereocenters. The Kier molecular flexibility index (Phi) is 6.01. The van der Waals surface area contributed by atoms with Crippen LogP contribution in [0.5, 0.6) is 0 Å². The van der Waals surface area contributed by atoms with E-state index in [9.17, 15) is 0 Å². The lowest BCUT2D eigenvalue weighted by Gasteiger charge is -2.10. The molecule has 0 amide bonds. The fraction of sp³-hybridized carbons (Fsp3) is 0. The number of thiophene rings is 1. The molecule has 224 valence electrons. The van der Waals surface area contributed by atoms with E-state index in [0.29, 0.717) is 17.5 Å². The van der Waals surface area contributed by atoms with Crippen LogP contribution in [0.25, 0.3) is 98.2 Å². The van der Waals surface area contributed by atoms with Crippen LogP contribution in [-0.2, 0) is 0 Å². The summed E-state index contributed by atoms with van der Waals surface area (Å²) in [6.07, 6.45) is 0. The monoisotopic (exact) mass is 631 g/mol. The normalized spacial score (nSPS) is 11.8. The third-order valence-corrected chi connectivity index (χ3v) is 10.3. The standard InChI is InChI=1S/C43H25N3OS/c1-2-9-29-24-30(21-16-26(29)8-1)42-44-41(45-43(46-42)31-22-23-39-35(25-31)33-10-4-6-15-38(33)48-39)28-19-17-27(18-20-28)32-12-7-14-37-40(32)34-11-3-5-13-36(34)47-37/h1-25H. The van der Waals surface area contributed by atoms with Gasteiger partial charge >= 0.3 is 0 Å². The maximum Gasteiger partial charge on any atom is 0.164 e. The van der Waals surface area contributed by atoms with Crippen molar-refractivity contribution in [3.05, 3.63) is 152 Å². The Morgan fingerprint density at radius 3 is 1.85 bits per heavy atom. The minimum Gasteiger partial charge on any atom is -0.456 e. The van der Waals surface area contributed by atoms with Crippen LogP contribution in [0.3, 0.4) is 0 Å². The van der Waals surface area contributed by atoms with Gasteiger partial charge in [0.1, 0.15) is 11.2 Å². The van der Waals surface area contributed by atoms with Crippen LogP contribution in [0.15, 0.2) is 156 Å². The summed E-state index contributed by atoms with van der Waals surface area (Å²) in [5.41, 5.74) is 6.86. The van der Waals surface area contributed by atoms with E-state index >= 15 is 0 Å². The Bertz CT molecular complexity index is 2850. The summed E-state index contributed by atoms with van der Waals surface area (Å²) in [5, 5.41) is 7.03. The van der Waals surface area contributed by atoms with E-state index in [1.54, 1.807) is 0 Å². The fourth-order valence-corrected chi connectivity index (χ4v) is 7.86. The van der Waals surface area contributed by atoms with E-state index in [2.05, 4.69) is 133 Å². The van der Waals surface area contributed by atoms with Crippen molar-refractivity contribution in [2.75, 3.05) is 0 Å². The third-order valence-electron chi connectivity index (χ3n) is 9.13. The molecule has 10 rings (SSSR count). The second-order valence-corrected chi connectivity index (χ2v) is 13.1. The van der Waals surface area contributed by atoms with Gasteiger partial charge in [-0.3, -0.25) is 0 Å². The molecule has 3 heterocycles. The Morgan fingerprint density at radius 1 is 0.396 bits per heavy atom. The number of para-hydroxylation sites is 1. The third kappa shape index (κ3) is 4.40. The van der Waals surface area contributed by atoms with Gasteiger partial charge in [0.25, 0.3) is 0 Å². The van der Waals surface area contributed by atoms with Crippen molar-refractivity contribution >= 4 is 64.2 Å². The summed E-state index contributed by atoms with van der Waals surface area (Å²) in [6, 6.07) is 52.8. The van der Waals surface area contributed by atoms with Gasteiger partial charge in [-0.05, 0) is 64.4 Å². The lowest BCUT2D eigenvalue weighted by Crippen LogP contribution is -2.00. The van der Waals surface area contributed by atoms with Crippen molar-refractivity contribution in [1.29, 1.82) is 0 Å². The highest BCUT2D eigenvalue weighted by molar-refractivity contribution is 7.25. The van der Waals surface area contributed by atoms with E-state index in [0.717, 1.165) is 55.1 Å². The van der Waals surface area contributed by atoms with Crippen LogP contribution in [0, 0.1) is 0 Å². The van der Waals surface area contributed by atoms with Crippen molar-refractivity contribution < 1.29 is 4.42 Å². The van der Waals surface area contributed by atoms with Gasteiger partial charge in [-0.2, -0.15) is 0 Å². The highest BCUT2D eigenvalue weighted by atomic mass is 32.1. The summed E-state index contributed by atoms with van der Waals surface area (Å²) in [7, 11) is 0. The molecule has 0 spiro atoms. The number of aromatic nitrogens is 3. The van der Waals surface area contributed by atoms with Gasteiger partial charge in [0, 0.05) is 47.6 Å². The zero-order valence-corrected chi connectivity index (χ0v) is 26.4. The van der Waals surface area contributed by atoms with Crippen molar-refractivity contribution in [2.24, 2.45) is 0 Å². The molecule has 0 aliphatic carbocycles. The summed E-state index contributed by atoms with van der Waals surface area (Å²) < 4.78 is 8.69. The number of nitrogens with zero attached hydrogens (tertiary/aromatic N) is 3. The van der Waals surface area contributed by atoms with Crippen LogP contribution in [0.2, 0.25) is 0 Å². The van der Waals surface area contributed by atoms with Crippen molar-refractivity contribution in [2.45, 2.75) is 0 Å². The average Bonchev–Trinajstić information content (AvgIpc) is 3.73. The lowest BCUT2D eigenvalue weighted by molar-refractivity contribution is 0.669. The van der Waals surface area contributed by atoms with E-state index in [1.807, 2.05) is 29.5 Å². The number of fused-ring (bicyclic) bond motifs is 7. The zero-order chi connectivity index (χ0) is 31.6. The van der Waals surface area contributed by atoms with Gasteiger partial charge in [-0.25, -0.2) is 15.0 Å². The first-order valence-electron chi connectivity index (χ1n) is 15.9. The molecule has 0 aliphatic rings. The van der Waals surface area contributed by atoms with Crippen LogP contribution in [0.4, 0.5) is 0 Å². The first-order chi connectivity index (χ1) is 23.7. The number of hydrogen-bond acceptors (Lipinski definition) is 5. The summed E-state index contributed by atoms with van der Waals surface area (Å²) >= 11 is 1.81. The van der Waals surface area contributed by atoms with E-state index < -0.39 is 0 Å². The van der Waals surface area contributed by atoms with Gasteiger partial charge < -0.3 is 4.42 Å². The molecule has 0 radical (unpaired) electrons. The predicted octanol–water partition coefficient (Wildman–Crippen LogP) is 12.0. The summed E-state index contributed by atoms with van der Waals surface area (Å²) in [4.78, 5) is 15.2. The highest BCUT2D eigenvalue weighted by Crippen LogP contribution is 2.38. The molecule has 3 aromatic heterocycles. The van der Waals surface area contributed by atoms with E-state index in [1.165, 1.54) is 25.6 Å². The Balaban J connectivity index is 1.13. The molecule has 5 heteroatoms. The Morgan fingerprint density at radius 2 is 1.00 bits per heavy atom. The molecule has 7 aromatic carbocycles. The van der Waals surface area contributed by atoms with Crippen LogP contribution in [-0.4, -0.2) is 15.0 Å². The summed E-state index contributed by atoms with van der Waals surface area (Å²) in [6.45, 7) is 0. The SMILES string of the molecule is c1ccc2cc(-c3nc(-c4ccc(-c5cccc6oc7ccccc7c56)cc4)nc(-c4ccc5sc6ccccc6c5c4)n3)ccc2c1. The highest BCUT2D eigenvalue weighted by Gasteiger charge is 2.16. The molecule has 0 saturated carbocycles. The van der Waals surface area contributed by atoms with Crippen LogP contribution in [0.1, 0.15) is 0 Å². The van der Waals surface area contributed by atoms with Crippen molar-refractivity contribution in [3.8, 4) is 45.3 Å². The van der Waals surface area contributed by atoms with Crippen molar-refractivity contribution in [1.82, 2.24) is 15.0 Å². The van der Waals surface area contributed by atoms with E-state index in [-0.39, 0.29) is 0 Å². The number of benzene rings is 7. The smallest absolute Gasteiger partial charge is 0.164 e. The second kappa shape index (κ2) is 10.7. The summed E-state index contributed by atoms with van der Waals surface area (Å²) in [5.74, 6) is 1.94. The Labute approximate surface area is 279 Å². The average molecular weight is 632 g/mol. The molecule has 10 aromatic rings. The molecule has 0 fully saturated rings. The molecule has 0 N–H and O–H groups in total. The number of furan rings is 1. The molecule has 0 unspecified atom stereocenters. The molecular weight excluding hydrogens is 607 g/mol. The molecular formula is C43H25N3OS.